The van der Waals surface area contributed by atoms with E-state index in [4.69, 9.17) is 0 Å². The fourth-order valence-corrected chi connectivity index (χ4v) is 3.09. The molecule has 3 aromatic rings. The molecule has 0 saturated carbocycles. The average Bonchev–Trinajstić information content (AvgIpc) is 2.43. The Morgan fingerprint density at radius 2 is 1.10 bits per heavy atom. The van der Waals surface area contributed by atoms with Crippen molar-refractivity contribution in [2.75, 3.05) is 0 Å². The highest BCUT2D eigenvalue weighted by atomic mass is 79.9. The van der Waals surface area contributed by atoms with Gasteiger partial charge in [-0.05, 0) is 77.7 Å². The van der Waals surface area contributed by atoms with Gasteiger partial charge in [0.15, 0.2) is 0 Å². The van der Waals surface area contributed by atoms with Gasteiger partial charge in [0.2, 0.25) is 9.39 Å². The Kier molecular flexibility index (Phi) is 3.44. The van der Waals surface area contributed by atoms with Gasteiger partial charge in [-0.1, -0.05) is 24.3 Å². The minimum atomic E-state index is -0.143. The zero-order valence-electron chi connectivity index (χ0n) is 10.2. The second-order valence-corrected chi connectivity index (χ2v) is 5.89. The molecule has 98 valence electrons. The van der Waals surface area contributed by atoms with Gasteiger partial charge in [-0.25, -0.2) is 0 Å². The van der Waals surface area contributed by atoms with Crippen LogP contribution >= 0.6 is 31.9 Å². The van der Waals surface area contributed by atoms with Crippen molar-refractivity contribution in [1.29, 1.82) is 0 Å². The number of halogens is 2. The Labute approximate surface area is 132 Å². The van der Waals surface area contributed by atoms with Crippen LogP contribution < -0.4 is 0 Å². The second-order valence-electron chi connectivity index (χ2n) is 4.45. The first-order chi connectivity index (χ1) is 9.58. The van der Waals surface area contributed by atoms with Gasteiger partial charge < -0.3 is 0 Å². The smallest absolute Gasteiger partial charge is 0.228 e. The van der Waals surface area contributed by atoms with Crippen molar-refractivity contribution in [3.63, 3.8) is 0 Å². The molecule has 0 N–H and O–H groups in total. The van der Waals surface area contributed by atoms with E-state index in [1.807, 2.05) is 36.4 Å². The maximum Gasteiger partial charge on any atom is 0.228 e. The first kappa shape index (κ1) is 13.5. The van der Waals surface area contributed by atoms with E-state index in [-0.39, 0.29) is 9.39 Å². The van der Waals surface area contributed by atoms with Gasteiger partial charge in [-0.2, -0.15) is 0 Å². The summed E-state index contributed by atoms with van der Waals surface area (Å²) in [5.74, 6) is 0. The molecule has 3 rings (SSSR count). The van der Waals surface area contributed by atoms with Gasteiger partial charge in [-0.3, -0.25) is 9.59 Å². The Morgan fingerprint density at radius 3 is 1.45 bits per heavy atom. The Balaban J connectivity index is 2.46. The Hall–Kier alpha value is -1.52. The quantitative estimate of drug-likeness (QED) is 0.451. The summed E-state index contributed by atoms with van der Waals surface area (Å²) in [4.78, 5) is 23.3. The molecule has 0 saturated heterocycles. The third-order valence-electron chi connectivity index (χ3n) is 3.30. The maximum atomic E-state index is 11.6. The van der Waals surface area contributed by atoms with Gasteiger partial charge in [-0.15, -0.1) is 0 Å². The zero-order chi connectivity index (χ0) is 14.3. The molecular formula is C16H8Br2O2. The fraction of sp³-hybridized carbons (Fsp3) is 0. The first-order valence-electron chi connectivity index (χ1n) is 5.93. The number of benzene rings is 3. The van der Waals surface area contributed by atoms with Crippen LogP contribution in [0.2, 0.25) is 0 Å². The topological polar surface area (TPSA) is 34.1 Å². The maximum absolute atomic E-state index is 11.6. The van der Waals surface area contributed by atoms with E-state index in [0.717, 1.165) is 21.5 Å². The lowest BCUT2D eigenvalue weighted by Gasteiger charge is -2.07. The summed E-state index contributed by atoms with van der Waals surface area (Å²) in [5.41, 5.74) is 1.25. The largest absolute Gasteiger partial charge is 0.281 e. The van der Waals surface area contributed by atoms with Crippen molar-refractivity contribution in [1.82, 2.24) is 0 Å². The summed E-state index contributed by atoms with van der Waals surface area (Å²) in [7, 11) is 0. The second kappa shape index (κ2) is 5.11. The van der Waals surface area contributed by atoms with E-state index in [2.05, 4.69) is 31.9 Å². The van der Waals surface area contributed by atoms with E-state index >= 15 is 0 Å². The normalized spacial score (nSPS) is 10.9. The summed E-state index contributed by atoms with van der Waals surface area (Å²) in [6, 6.07) is 15.0. The SMILES string of the molecule is O=C(Br)c1cccc2cc3c(C(=O)Br)cccc3cc12. The molecule has 0 atom stereocenters. The molecule has 0 heterocycles. The highest BCUT2D eigenvalue weighted by Crippen LogP contribution is 2.29. The summed E-state index contributed by atoms with van der Waals surface area (Å²) in [6.07, 6.45) is 0. The minimum absolute atomic E-state index is 0.143. The van der Waals surface area contributed by atoms with Gasteiger partial charge >= 0.3 is 0 Å². The number of rotatable bonds is 2. The molecule has 3 aromatic carbocycles. The molecule has 0 fully saturated rings. The summed E-state index contributed by atoms with van der Waals surface area (Å²) < 4.78 is -0.287. The molecule has 0 bridgehead atoms. The van der Waals surface area contributed by atoms with E-state index in [1.165, 1.54) is 0 Å². The monoisotopic (exact) mass is 390 g/mol. The van der Waals surface area contributed by atoms with Gasteiger partial charge in [0.25, 0.3) is 0 Å². The highest BCUT2D eigenvalue weighted by Gasteiger charge is 2.11. The van der Waals surface area contributed by atoms with Crippen molar-refractivity contribution in [3.05, 3.63) is 59.7 Å². The number of carbonyl (C=O) groups is 2. The van der Waals surface area contributed by atoms with Crippen LogP contribution in [0.15, 0.2) is 48.5 Å². The van der Waals surface area contributed by atoms with E-state index < -0.39 is 0 Å². The van der Waals surface area contributed by atoms with E-state index in [1.54, 1.807) is 12.1 Å². The average molecular weight is 392 g/mol. The number of hydrogen-bond donors (Lipinski definition) is 0. The van der Waals surface area contributed by atoms with Crippen molar-refractivity contribution in [2.24, 2.45) is 0 Å². The molecule has 0 unspecified atom stereocenters. The standard InChI is InChI=1S/C16H8Br2O2/c17-15(19)11-5-1-3-9-7-14-10(8-13(9)11)4-2-6-12(14)16(18)20/h1-8H. The molecule has 4 heteroatoms. The molecular weight excluding hydrogens is 384 g/mol. The summed E-state index contributed by atoms with van der Waals surface area (Å²) in [5, 5.41) is 3.62. The predicted molar refractivity (Wildman–Crippen MR) is 88.0 cm³/mol. The molecule has 0 aliphatic heterocycles. The zero-order valence-corrected chi connectivity index (χ0v) is 13.4. The first-order valence-corrected chi connectivity index (χ1v) is 7.51. The van der Waals surface area contributed by atoms with Crippen LogP contribution in [-0.2, 0) is 0 Å². The highest BCUT2D eigenvalue weighted by molar-refractivity contribution is 9.18. The van der Waals surface area contributed by atoms with Gasteiger partial charge in [0.1, 0.15) is 0 Å². The van der Waals surface area contributed by atoms with Crippen molar-refractivity contribution in [3.8, 4) is 0 Å². The van der Waals surface area contributed by atoms with E-state index in [9.17, 15) is 9.59 Å². The lowest BCUT2D eigenvalue weighted by molar-refractivity contribution is 0.109. The lowest BCUT2D eigenvalue weighted by Crippen LogP contribution is -1.93. The third kappa shape index (κ3) is 2.19. The van der Waals surface area contributed by atoms with Crippen LogP contribution in [0.25, 0.3) is 21.5 Å². The van der Waals surface area contributed by atoms with Crippen LogP contribution in [0.1, 0.15) is 20.7 Å². The van der Waals surface area contributed by atoms with Crippen molar-refractivity contribution >= 4 is 62.8 Å². The Morgan fingerprint density at radius 1 is 0.700 bits per heavy atom. The molecule has 0 radical (unpaired) electrons. The van der Waals surface area contributed by atoms with Crippen molar-refractivity contribution < 1.29 is 9.59 Å². The van der Waals surface area contributed by atoms with Gasteiger partial charge in [0, 0.05) is 11.1 Å². The van der Waals surface area contributed by atoms with Crippen LogP contribution in [0.3, 0.4) is 0 Å². The van der Waals surface area contributed by atoms with Crippen LogP contribution in [0, 0.1) is 0 Å². The van der Waals surface area contributed by atoms with Crippen LogP contribution in [0.5, 0.6) is 0 Å². The molecule has 20 heavy (non-hydrogen) atoms. The molecule has 0 spiro atoms. The van der Waals surface area contributed by atoms with E-state index in [0.29, 0.717) is 11.1 Å². The number of carbonyl (C=O) groups excluding carboxylic acids is 2. The minimum Gasteiger partial charge on any atom is -0.281 e. The van der Waals surface area contributed by atoms with Gasteiger partial charge in [0.05, 0.1) is 0 Å². The Bertz CT molecular complexity index is 795. The fourth-order valence-electron chi connectivity index (χ4n) is 2.39. The molecule has 0 amide bonds. The molecule has 0 aliphatic rings. The van der Waals surface area contributed by atoms with Crippen LogP contribution in [0.4, 0.5) is 0 Å². The predicted octanol–water partition coefficient (Wildman–Crippen LogP) is 5.06. The summed E-state index contributed by atoms with van der Waals surface area (Å²) >= 11 is 6.01. The van der Waals surface area contributed by atoms with Crippen LogP contribution in [-0.4, -0.2) is 9.39 Å². The number of hydrogen-bond acceptors (Lipinski definition) is 2. The number of fused-ring (bicyclic) bond motifs is 2. The molecule has 0 aliphatic carbocycles. The third-order valence-corrected chi connectivity index (χ3v) is 4.16. The lowest BCUT2D eigenvalue weighted by atomic mass is 9.98. The summed E-state index contributed by atoms with van der Waals surface area (Å²) in [6.45, 7) is 0. The molecule has 2 nitrogen and oxygen atoms in total. The van der Waals surface area contributed by atoms with Crippen molar-refractivity contribution in [2.45, 2.75) is 0 Å². The molecule has 0 aromatic heterocycles.